The fraction of sp³-hybridized carbons (Fsp3) is 0.333. The molecule has 7 nitrogen and oxygen atoms in total. The van der Waals surface area contributed by atoms with E-state index in [1.54, 1.807) is 0 Å². The SMILES string of the molecule is CCCCn1c(C#N)nc(-c2ccccc2)c1CN(Cc1cccc(OCC)c1)Cc1ccc2c(c1)OCCO2. The second-order valence-corrected chi connectivity index (χ2v) is 9.92. The molecule has 0 radical (unpaired) electrons. The molecular formula is C33H36N4O3. The Bertz CT molecular complexity index is 1460. The van der Waals surface area contributed by atoms with E-state index in [2.05, 4.69) is 58.9 Å². The van der Waals surface area contributed by atoms with Gasteiger partial charge in [-0.3, -0.25) is 4.90 Å². The Morgan fingerprint density at radius 2 is 1.68 bits per heavy atom. The first-order valence-corrected chi connectivity index (χ1v) is 14.1. The second kappa shape index (κ2) is 13.2. The van der Waals surface area contributed by atoms with E-state index in [0.717, 1.165) is 64.7 Å². The lowest BCUT2D eigenvalue weighted by Gasteiger charge is -2.25. The number of unbranched alkanes of at least 4 members (excludes halogenated alkanes) is 1. The first-order chi connectivity index (χ1) is 19.7. The third-order valence-corrected chi connectivity index (χ3v) is 6.96. The van der Waals surface area contributed by atoms with E-state index >= 15 is 0 Å². The molecule has 40 heavy (non-hydrogen) atoms. The third kappa shape index (κ3) is 6.47. The van der Waals surface area contributed by atoms with Crippen molar-refractivity contribution in [3.8, 4) is 34.6 Å². The first-order valence-electron chi connectivity index (χ1n) is 14.1. The molecule has 206 valence electrons. The number of aromatic nitrogens is 2. The van der Waals surface area contributed by atoms with Gasteiger partial charge in [-0.1, -0.05) is 61.9 Å². The molecule has 0 saturated heterocycles. The van der Waals surface area contributed by atoms with Crippen molar-refractivity contribution < 1.29 is 14.2 Å². The average molecular weight is 537 g/mol. The van der Waals surface area contributed by atoms with E-state index in [4.69, 9.17) is 19.2 Å². The lowest BCUT2D eigenvalue weighted by molar-refractivity contribution is 0.170. The maximum Gasteiger partial charge on any atom is 0.213 e. The van der Waals surface area contributed by atoms with Crippen molar-refractivity contribution in [1.29, 1.82) is 5.26 Å². The Balaban J connectivity index is 1.53. The third-order valence-electron chi connectivity index (χ3n) is 6.96. The Morgan fingerprint density at radius 3 is 2.42 bits per heavy atom. The van der Waals surface area contributed by atoms with Gasteiger partial charge >= 0.3 is 0 Å². The summed E-state index contributed by atoms with van der Waals surface area (Å²) in [5.41, 5.74) is 5.22. The molecule has 0 spiro atoms. The van der Waals surface area contributed by atoms with Gasteiger partial charge in [0, 0.05) is 31.7 Å². The summed E-state index contributed by atoms with van der Waals surface area (Å²) >= 11 is 0. The van der Waals surface area contributed by atoms with Crippen molar-refractivity contribution in [3.63, 3.8) is 0 Å². The summed E-state index contributed by atoms with van der Waals surface area (Å²) in [6, 6.07) is 26.9. The zero-order valence-corrected chi connectivity index (χ0v) is 23.3. The van der Waals surface area contributed by atoms with E-state index < -0.39 is 0 Å². The van der Waals surface area contributed by atoms with Gasteiger partial charge in [0.1, 0.15) is 25.0 Å². The van der Waals surface area contributed by atoms with Crippen LogP contribution < -0.4 is 14.2 Å². The summed E-state index contributed by atoms with van der Waals surface area (Å²) in [5.74, 6) is 2.89. The van der Waals surface area contributed by atoms with Crippen molar-refractivity contribution in [2.45, 2.75) is 52.9 Å². The molecule has 5 rings (SSSR count). The molecule has 0 aliphatic carbocycles. The number of rotatable bonds is 12. The number of nitriles is 1. The number of imidazole rings is 1. The van der Waals surface area contributed by atoms with Crippen molar-refractivity contribution >= 4 is 0 Å². The van der Waals surface area contributed by atoms with Crippen LogP contribution in [0.5, 0.6) is 17.2 Å². The molecule has 0 saturated carbocycles. The first kappa shape index (κ1) is 27.3. The Labute approximate surface area is 236 Å². The van der Waals surface area contributed by atoms with Crippen LogP contribution >= 0.6 is 0 Å². The van der Waals surface area contributed by atoms with Gasteiger partial charge in [-0.15, -0.1) is 0 Å². The molecule has 2 heterocycles. The van der Waals surface area contributed by atoms with Crippen LogP contribution in [0.2, 0.25) is 0 Å². The summed E-state index contributed by atoms with van der Waals surface area (Å²) in [6.07, 6.45) is 2.01. The van der Waals surface area contributed by atoms with Gasteiger partial charge in [-0.2, -0.15) is 5.26 Å². The molecular weight excluding hydrogens is 500 g/mol. The lowest BCUT2D eigenvalue weighted by Crippen LogP contribution is -2.25. The van der Waals surface area contributed by atoms with E-state index in [0.29, 0.717) is 45.3 Å². The van der Waals surface area contributed by atoms with Gasteiger partial charge in [-0.25, -0.2) is 4.98 Å². The number of nitrogens with zero attached hydrogens (tertiary/aromatic N) is 4. The fourth-order valence-electron chi connectivity index (χ4n) is 5.10. The molecule has 0 unspecified atom stereocenters. The van der Waals surface area contributed by atoms with Crippen LogP contribution in [0.1, 0.15) is 49.3 Å². The van der Waals surface area contributed by atoms with E-state index in [-0.39, 0.29) is 0 Å². The Hall–Kier alpha value is -4.28. The highest BCUT2D eigenvalue weighted by atomic mass is 16.6. The summed E-state index contributed by atoms with van der Waals surface area (Å²) in [4.78, 5) is 7.23. The minimum absolute atomic E-state index is 0.458. The smallest absolute Gasteiger partial charge is 0.213 e. The molecule has 1 aromatic heterocycles. The second-order valence-electron chi connectivity index (χ2n) is 9.92. The topological polar surface area (TPSA) is 72.5 Å². The van der Waals surface area contributed by atoms with Crippen LogP contribution in [0.25, 0.3) is 11.3 Å². The van der Waals surface area contributed by atoms with Crippen LogP contribution in [0.4, 0.5) is 0 Å². The minimum atomic E-state index is 0.458. The number of benzene rings is 3. The molecule has 4 aromatic rings. The van der Waals surface area contributed by atoms with Gasteiger partial charge < -0.3 is 18.8 Å². The highest BCUT2D eigenvalue weighted by molar-refractivity contribution is 5.63. The van der Waals surface area contributed by atoms with Gasteiger partial charge in [0.25, 0.3) is 0 Å². The van der Waals surface area contributed by atoms with Crippen molar-refractivity contribution in [1.82, 2.24) is 14.5 Å². The molecule has 0 atom stereocenters. The van der Waals surface area contributed by atoms with Crippen molar-refractivity contribution in [2.24, 2.45) is 0 Å². The van der Waals surface area contributed by atoms with Gasteiger partial charge in [0.05, 0.1) is 18.0 Å². The molecule has 3 aromatic carbocycles. The summed E-state index contributed by atoms with van der Waals surface area (Å²) in [5, 5.41) is 10.0. The number of fused-ring (bicyclic) bond motifs is 1. The maximum absolute atomic E-state index is 10.0. The summed E-state index contributed by atoms with van der Waals surface area (Å²) in [6.45, 7) is 8.67. The van der Waals surface area contributed by atoms with Gasteiger partial charge in [0.15, 0.2) is 11.5 Å². The largest absolute Gasteiger partial charge is 0.494 e. The van der Waals surface area contributed by atoms with Gasteiger partial charge in [0.2, 0.25) is 5.82 Å². The van der Waals surface area contributed by atoms with Gasteiger partial charge in [-0.05, 0) is 48.7 Å². The Kier molecular flexibility index (Phi) is 9.00. The van der Waals surface area contributed by atoms with Crippen LogP contribution in [0.3, 0.4) is 0 Å². The van der Waals surface area contributed by atoms with Crippen molar-refractivity contribution in [2.75, 3.05) is 19.8 Å². The Morgan fingerprint density at radius 1 is 0.900 bits per heavy atom. The van der Waals surface area contributed by atoms with Crippen molar-refractivity contribution in [3.05, 3.63) is 95.4 Å². The minimum Gasteiger partial charge on any atom is -0.494 e. The monoisotopic (exact) mass is 536 g/mol. The highest BCUT2D eigenvalue weighted by Gasteiger charge is 2.22. The quantitative estimate of drug-likeness (QED) is 0.203. The van der Waals surface area contributed by atoms with E-state index in [1.165, 1.54) is 0 Å². The van der Waals surface area contributed by atoms with Crippen LogP contribution in [0, 0.1) is 11.3 Å². The van der Waals surface area contributed by atoms with Crippen LogP contribution in [0.15, 0.2) is 72.8 Å². The molecule has 0 amide bonds. The number of hydrogen-bond donors (Lipinski definition) is 0. The predicted molar refractivity (Wildman–Crippen MR) is 155 cm³/mol. The lowest BCUT2D eigenvalue weighted by atomic mass is 10.1. The highest BCUT2D eigenvalue weighted by Crippen LogP contribution is 2.32. The predicted octanol–water partition coefficient (Wildman–Crippen LogP) is 6.59. The zero-order valence-electron chi connectivity index (χ0n) is 23.3. The maximum atomic E-state index is 10.0. The number of hydrogen-bond acceptors (Lipinski definition) is 6. The molecule has 0 bridgehead atoms. The molecule has 7 heteroatoms. The van der Waals surface area contributed by atoms with Crippen LogP contribution in [-0.4, -0.2) is 34.3 Å². The molecule has 1 aliphatic heterocycles. The summed E-state index contributed by atoms with van der Waals surface area (Å²) < 4.78 is 19.5. The average Bonchev–Trinajstić information content (AvgIpc) is 3.33. The molecule has 1 aliphatic rings. The summed E-state index contributed by atoms with van der Waals surface area (Å²) in [7, 11) is 0. The fourth-order valence-corrected chi connectivity index (χ4v) is 5.10. The van der Waals surface area contributed by atoms with E-state index in [9.17, 15) is 5.26 Å². The van der Waals surface area contributed by atoms with E-state index in [1.807, 2.05) is 43.3 Å². The molecule has 0 N–H and O–H groups in total. The number of ether oxygens (including phenoxy) is 3. The normalized spacial score (nSPS) is 12.3. The molecule has 0 fully saturated rings. The zero-order chi connectivity index (χ0) is 27.7. The standard InChI is InChI=1S/C33H36N4O3/c1-3-5-16-37-29(33(35-32(37)21-34)27-11-7-6-8-12-27)24-36(22-25-10-9-13-28(19-25)38-4-2)23-26-14-15-30-31(20-26)40-18-17-39-30/h6-15,19-20H,3-5,16-18,22-24H2,1-2H3. The van der Waals surface area contributed by atoms with Crippen LogP contribution in [-0.2, 0) is 26.2 Å².